The van der Waals surface area contributed by atoms with Crippen LogP contribution in [0.1, 0.15) is 12.5 Å². The number of hydrogen-bond acceptors (Lipinski definition) is 7. The number of para-hydroxylation sites is 1. The number of nitrogens with zero attached hydrogens (tertiary/aromatic N) is 1. The molecule has 0 unspecified atom stereocenters. The van der Waals surface area contributed by atoms with E-state index in [0.717, 1.165) is 5.56 Å². The zero-order chi connectivity index (χ0) is 21.7. The van der Waals surface area contributed by atoms with Crippen molar-refractivity contribution in [3.63, 3.8) is 0 Å². The minimum Gasteiger partial charge on any atom is -0.506 e. The number of halogens is 1. The Bertz CT molecular complexity index is 1050. The molecule has 156 valence electrons. The molecule has 0 amide bonds. The standard InChI is InChI=1S/C22H20BrNO5S/c1-4-29-22(26)18-19(25)17(30-21(18)24-14-8-6-5-7-9-14)12-13-10-15(23)20(28-3)16(11-13)27-2/h5-12,25H,4H2,1-3H3/b17-12-,24-21?. The minimum absolute atomic E-state index is 0.0523. The predicted molar refractivity (Wildman–Crippen MR) is 123 cm³/mol. The number of carbonyl (C=O) groups is 1. The molecule has 1 heterocycles. The van der Waals surface area contributed by atoms with Crippen LogP contribution in [-0.2, 0) is 9.53 Å². The van der Waals surface area contributed by atoms with Crippen molar-refractivity contribution in [3.8, 4) is 11.5 Å². The number of esters is 1. The van der Waals surface area contributed by atoms with Gasteiger partial charge in [0.2, 0.25) is 0 Å². The molecule has 1 N–H and O–H groups in total. The van der Waals surface area contributed by atoms with Crippen molar-refractivity contribution in [2.24, 2.45) is 4.99 Å². The summed E-state index contributed by atoms with van der Waals surface area (Å²) in [6.45, 7) is 1.91. The molecule has 0 radical (unpaired) electrons. The van der Waals surface area contributed by atoms with E-state index in [-0.39, 0.29) is 17.9 Å². The summed E-state index contributed by atoms with van der Waals surface area (Å²) in [5.41, 5.74) is 1.47. The van der Waals surface area contributed by atoms with Crippen LogP contribution < -0.4 is 9.47 Å². The molecule has 2 aromatic carbocycles. The number of aliphatic hydroxyl groups excluding tert-OH is 1. The van der Waals surface area contributed by atoms with Gasteiger partial charge in [-0.15, -0.1) is 0 Å². The number of aliphatic imine (C=N–C) groups is 1. The highest BCUT2D eigenvalue weighted by Gasteiger charge is 2.33. The van der Waals surface area contributed by atoms with Gasteiger partial charge in [0.1, 0.15) is 16.4 Å². The summed E-state index contributed by atoms with van der Waals surface area (Å²) < 4.78 is 16.5. The number of ether oxygens (including phenoxy) is 3. The monoisotopic (exact) mass is 489 g/mol. The molecule has 0 atom stereocenters. The summed E-state index contributed by atoms with van der Waals surface area (Å²) >= 11 is 4.66. The maximum absolute atomic E-state index is 12.5. The summed E-state index contributed by atoms with van der Waals surface area (Å²) in [4.78, 5) is 17.5. The van der Waals surface area contributed by atoms with Gasteiger partial charge in [-0.25, -0.2) is 9.79 Å². The first kappa shape index (κ1) is 22.0. The Morgan fingerprint density at radius 1 is 1.20 bits per heavy atom. The van der Waals surface area contributed by atoms with Gasteiger partial charge in [0, 0.05) is 0 Å². The third-order valence-corrected chi connectivity index (χ3v) is 5.72. The van der Waals surface area contributed by atoms with Gasteiger partial charge < -0.3 is 19.3 Å². The molecule has 1 aliphatic rings. The van der Waals surface area contributed by atoms with Crippen molar-refractivity contribution in [3.05, 3.63) is 68.7 Å². The van der Waals surface area contributed by atoms with Gasteiger partial charge in [-0.3, -0.25) is 0 Å². The lowest BCUT2D eigenvalue weighted by Crippen LogP contribution is -2.12. The molecule has 1 aliphatic heterocycles. The fraction of sp³-hybridized carbons (Fsp3) is 0.182. The van der Waals surface area contributed by atoms with Gasteiger partial charge in [0.15, 0.2) is 11.5 Å². The van der Waals surface area contributed by atoms with Crippen LogP contribution in [0.2, 0.25) is 0 Å². The van der Waals surface area contributed by atoms with Gasteiger partial charge in [0.05, 0.1) is 35.9 Å². The lowest BCUT2D eigenvalue weighted by atomic mass is 10.1. The lowest BCUT2D eigenvalue weighted by molar-refractivity contribution is -0.138. The van der Waals surface area contributed by atoms with Crippen LogP contribution in [-0.4, -0.2) is 36.9 Å². The van der Waals surface area contributed by atoms with Gasteiger partial charge in [-0.1, -0.05) is 30.0 Å². The highest BCUT2D eigenvalue weighted by atomic mass is 79.9. The van der Waals surface area contributed by atoms with Gasteiger partial charge in [-0.2, -0.15) is 0 Å². The molecule has 0 saturated carbocycles. The van der Waals surface area contributed by atoms with Crippen molar-refractivity contribution in [2.75, 3.05) is 20.8 Å². The van der Waals surface area contributed by atoms with Crippen LogP contribution >= 0.6 is 27.7 Å². The fourth-order valence-corrected chi connectivity index (χ4v) is 4.44. The smallest absolute Gasteiger partial charge is 0.344 e. The summed E-state index contributed by atoms with van der Waals surface area (Å²) in [5.74, 6) is 0.319. The normalized spacial score (nSPS) is 16.3. The Balaban J connectivity index is 2.07. The molecular weight excluding hydrogens is 470 g/mol. The van der Waals surface area contributed by atoms with Crippen molar-refractivity contribution in [2.45, 2.75) is 6.92 Å². The first-order valence-electron chi connectivity index (χ1n) is 9.04. The molecule has 8 heteroatoms. The van der Waals surface area contributed by atoms with Crippen molar-refractivity contribution in [1.29, 1.82) is 0 Å². The zero-order valence-corrected chi connectivity index (χ0v) is 19.0. The quantitative estimate of drug-likeness (QED) is 0.527. The molecule has 30 heavy (non-hydrogen) atoms. The maximum atomic E-state index is 12.5. The maximum Gasteiger partial charge on any atom is 0.344 e. The highest BCUT2D eigenvalue weighted by molar-refractivity contribution is 9.10. The fourth-order valence-electron chi connectivity index (χ4n) is 2.78. The molecule has 0 fully saturated rings. The highest BCUT2D eigenvalue weighted by Crippen LogP contribution is 2.42. The molecule has 0 saturated heterocycles. The predicted octanol–water partition coefficient (Wildman–Crippen LogP) is 5.66. The third-order valence-electron chi connectivity index (χ3n) is 4.11. The topological polar surface area (TPSA) is 77.4 Å². The number of hydrogen-bond donors (Lipinski definition) is 1. The first-order chi connectivity index (χ1) is 14.5. The number of methoxy groups -OCH3 is 2. The first-order valence-corrected chi connectivity index (χ1v) is 10.6. The van der Waals surface area contributed by atoms with E-state index in [2.05, 4.69) is 20.9 Å². The SMILES string of the molecule is CCOC(=O)C1=C(O)/C(=C/c2cc(Br)c(OC)c(OC)c2)SC1=Nc1ccccc1. The summed E-state index contributed by atoms with van der Waals surface area (Å²) in [7, 11) is 3.10. The number of rotatable bonds is 6. The van der Waals surface area contributed by atoms with Crippen LogP contribution in [0, 0.1) is 0 Å². The van der Waals surface area contributed by atoms with Crippen LogP contribution in [0.3, 0.4) is 0 Å². The molecule has 0 aliphatic carbocycles. The molecular formula is C22H20BrNO5S. The summed E-state index contributed by atoms with van der Waals surface area (Å²) in [5, 5.41) is 11.2. The summed E-state index contributed by atoms with van der Waals surface area (Å²) in [6, 6.07) is 12.8. The molecule has 3 rings (SSSR count). The number of aliphatic hydroxyl groups is 1. The second-order valence-corrected chi connectivity index (χ2v) is 7.93. The second kappa shape index (κ2) is 9.86. The molecule has 2 aromatic rings. The summed E-state index contributed by atoms with van der Waals surface area (Å²) in [6.07, 6.45) is 1.75. The number of benzene rings is 2. The van der Waals surface area contributed by atoms with E-state index < -0.39 is 5.97 Å². The molecule has 6 nitrogen and oxygen atoms in total. The van der Waals surface area contributed by atoms with E-state index in [0.29, 0.717) is 31.6 Å². The number of thioether (sulfide) groups is 1. The van der Waals surface area contributed by atoms with Crippen LogP contribution in [0.15, 0.2) is 68.2 Å². The van der Waals surface area contributed by atoms with E-state index in [1.165, 1.54) is 11.8 Å². The largest absolute Gasteiger partial charge is 0.506 e. The second-order valence-electron chi connectivity index (χ2n) is 6.05. The average molecular weight is 490 g/mol. The minimum atomic E-state index is -0.617. The molecule has 0 bridgehead atoms. The van der Waals surface area contributed by atoms with Crippen molar-refractivity contribution in [1.82, 2.24) is 0 Å². The van der Waals surface area contributed by atoms with Crippen molar-refractivity contribution >= 4 is 50.5 Å². The van der Waals surface area contributed by atoms with Gasteiger partial charge in [-0.05, 0) is 58.8 Å². The van der Waals surface area contributed by atoms with Crippen LogP contribution in [0.25, 0.3) is 6.08 Å². The van der Waals surface area contributed by atoms with E-state index in [1.54, 1.807) is 33.3 Å². The van der Waals surface area contributed by atoms with Crippen LogP contribution in [0.4, 0.5) is 5.69 Å². The molecule has 0 aromatic heterocycles. The molecule has 0 spiro atoms. The van der Waals surface area contributed by atoms with E-state index in [4.69, 9.17) is 14.2 Å². The van der Waals surface area contributed by atoms with Crippen LogP contribution in [0.5, 0.6) is 11.5 Å². The van der Waals surface area contributed by atoms with E-state index >= 15 is 0 Å². The van der Waals surface area contributed by atoms with Gasteiger partial charge in [0.25, 0.3) is 0 Å². The third kappa shape index (κ3) is 4.71. The Morgan fingerprint density at radius 2 is 1.93 bits per heavy atom. The number of carbonyl (C=O) groups excluding carboxylic acids is 1. The van der Waals surface area contributed by atoms with Crippen molar-refractivity contribution < 1.29 is 24.1 Å². The zero-order valence-electron chi connectivity index (χ0n) is 16.6. The van der Waals surface area contributed by atoms with Gasteiger partial charge >= 0.3 is 5.97 Å². The lowest BCUT2D eigenvalue weighted by Gasteiger charge is -2.10. The Kier molecular flexibility index (Phi) is 7.23. The average Bonchev–Trinajstić information content (AvgIpc) is 3.03. The Labute approximate surface area is 187 Å². The van der Waals surface area contributed by atoms with E-state index in [9.17, 15) is 9.90 Å². The Hall–Kier alpha value is -2.71. The Morgan fingerprint density at radius 3 is 2.57 bits per heavy atom. The van der Waals surface area contributed by atoms with E-state index in [1.807, 2.05) is 36.4 Å².